The van der Waals surface area contributed by atoms with Gasteiger partial charge in [0.15, 0.2) is 11.9 Å². The molecule has 122 valence electrons. The predicted octanol–water partition coefficient (Wildman–Crippen LogP) is 2.72. The number of nitrogens with one attached hydrogen (secondary N) is 1. The summed E-state index contributed by atoms with van der Waals surface area (Å²) in [5.41, 5.74) is 0.827. The van der Waals surface area contributed by atoms with E-state index in [1.807, 2.05) is 18.2 Å². The Balaban J connectivity index is 1.67. The van der Waals surface area contributed by atoms with Gasteiger partial charge >= 0.3 is 5.97 Å². The Hall–Kier alpha value is -3.22. The molecule has 0 aliphatic heterocycles. The van der Waals surface area contributed by atoms with Crippen molar-refractivity contribution in [1.82, 2.24) is 10.1 Å². The number of carbonyl (C=O) groups excluding carboxylic acids is 2. The van der Waals surface area contributed by atoms with Crippen LogP contribution in [-0.4, -0.2) is 28.1 Å². The van der Waals surface area contributed by atoms with Gasteiger partial charge in [-0.3, -0.25) is 4.79 Å². The van der Waals surface area contributed by atoms with E-state index in [4.69, 9.17) is 9.26 Å². The number of para-hydroxylation sites is 1. The SMILES string of the molecule is Cc1cc(NC(=O)[C@H](C)OC(=O)c2ccc3ccccc3n2)no1. The van der Waals surface area contributed by atoms with Crippen LogP contribution in [0.2, 0.25) is 0 Å². The first-order valence-corrected chi connectivity index (χ1v) is 7.34. The zero-order valence-electron chi connectivity index (χ0n) is 13.1. The van der Waals surface area contributed by atoms with Crippen LogP contribution in [0.1, 0.15) is 23.2 Å². The molecule has 0 radical (unpaired) electrons. The molecule has 1 N–H and O–H groups in total. The number of pyridine rings is 1. The second-order valence-electron chi connectivity index (χ2n) is 5.25. The van der Waals surface area contributed by atoms with E-state index in [0.717, 1.165) is 5.39 Å². The zero-order chi connectivity index (χ0) is 17.1. The minimum absolute atomic E-state index is 0.144. The summed E-state index contributed by atoms with van der Waals surface area (Å²) in [6.45, 7) is 3.18. The van der Waals surface area contributed by atoms with Crippen LogP contribution in [0.15, 0.2) is 47.0 Å². The lowest BCUT2D eigenvalue weighted by atomic mass is 10.2. The number of carbonyl (C=O) groups is 2. The molecule has 0 aliphatic rings. The molecule has 7 heteroatoms. The van der Waals surface area contributed by atoms with Crippen LogP contribution < -0.4 is 5.32 Å². The van der Waals surface area contributed by atoms with Crippen molar-refractivity contribution < 1.29 is 18.8 Å². The van der Waals surface area contributed by atoms with Crippen LogP contribution in [0.3, 0.4) is 0 Å². The summed E-state index contributed by atoms with van der Waals surface area (Å²) in [6, 6.07) is 12.3. The van der Waals surface area contributed by atoms with Gasteiger partial charge in [0.2, 0.25) is 0 Å². The lowest BCUT2D eigenvalue weighted by molar-refractivity contribution is -0.123. The van der Waals surface area contributed by atoms with Crippen LogP contribution in [0.4, 0.5) is 5.82 Å². The van der Waals surface area contributed by atoms with Crippen molar-refractivity contribution in [3.63, 3.8) is 0 Å². The lowest BCUT2D eigenvalue weighted by Gasteiger charge is -2.12. The molecule has 0 unspecified atom stereocenters. The van der Waals surface area contributed by atoms with Gasteiger partial charge in [0, 0.05) is 11.5 Å². The first kappa shape index (κ1) is 15.7. The van der Waals surface area contributed by atoms with Crippen molar-refractivity contribution in [2.45, 2.75) is 20.0 Å². The van der Waals surface area contributed by atoms with Gasteiger partial charge in [-0.05, 0) is 26.0 Å². The van der Waals surface area contributed by atoms with Gasteiger partial charge in [-0.2, -0.15) is 0 Å². The van der Waals surface area contributed by atoms with E-state index >= 15 is 0 Å². The Morgan fingerprint density at radius 3 is 2.75 bits per heavy atom. The van der Waals surface area contributed by atoms with Gasteiger partial charge < -0.3 is 14.6 Å². The molecule has 0 saturated carbocycles. The summed E-state index contributed by atoms with van der Waals surface area (Å²) in [4.78, 5) is 28.4. The Labute approximate surface area is 137 Å². The number of esters is 1. The molecule has 3 rings (SSSR count). The second-order valence-corrected chi connectivity index (χ2v) is 5.25. The number of amides is 1. The standard InChI is InChI=1S/C17H15N3O4/c1-10-9-15(20-24-10)19-16(21)11(2)23-17(22)14-8-7-12-5-3-4-6-13(12)18-14/h3-9,11H,1-2H3,(H,19,20,21)/t11-/m0/s1. The molecule has 1 aromatic carbocycles. The van der Waals surface area contributed by atoms with Crippen LogP contribution >= 0.6 is 0 Å². The van der Waals surface area contributed by atoms with E-state index in [2.05, 4.69) is 15.5 Å². The third kappa shape index (κ3) is 3.40. The Bertz CT molecular complexity index is 903. The van der Waals surface area contributed by atoms with Gasteiger partial charge in [-0.15, -0.1) is 0 Å². The van der Waals surface area contributed by atoms with Crippen LogP contribution in [-0.2, 0) is 9.53 Å². The van der Waals surface area contributed by atoms with Crippen molar-refractivity contribution in [2.75, 3.05) is 5.32 Å². The number of nitrogens with zero attached hydrogens (tertiary/aromatic N) is 2. The monoisotopic (exact) mass is 325 g/mol. The predicted molar refractivity (Wildman–Crippen MR) is 86.5 cm³/mol. The second kappa shape index (κ2) is 6.49. The molecule has 0 bridgehead atoms. The number of aromatic nitrogens is 2. The van der Waals surface area contributed by atoms with Crippen molar-refractivity contribution in [3.8, 4) is 0 Å². The van der Waals surface area contributed by atoms with Crippen molar-refractivity contribution in [1.29, 1.82) is 0 Å². The zero-order valence-corrected chi connectivity index (χ0v) is 13.1. The molecule has 24 heavy (non-hydrogen) atoms. The van der Waals surface area contributed by atoms with E-state index in [-0.39, 0.29) is 11.5 Å². The van der Waals surface area contributed by atoms with Crippen molar-refractivity contribution in [2.24, 2.45) is 0 Å². The number of hydrogen-bond acceptors (Lipinski definition) is 6. The van der Waals surface area contributed by atoms with Gasteiger partial charge in [0.1, 0.15) is 11.5 Å². The summed E-state index contributed by atoms with van der Waals surface area (Å²) < 4.78 is 10.0. The fraction of sp³-hybridized carbons (Fsp3) is 0.176. The molecule has 0 fully saturated rings. The Morgan fingerprint density at radius 1 is 1.21 bits per heavy atom. The number of rotatable bonds is 4. The van der Waals surface area contributed by atoms with Crippen molar-refractivity contribution in [3.05, 3.63) is 53.9 Å². The fourth-order valence-electron chi connectivity index (χ4n) is 2.11. The Kier molecular flexibility index (Phi) is 4.24. The average molecular weight is 325 g/mol. The third-order valence-electron chi connectivity index (χ3n) is 3.34. The number of ether oxygens (including phenoxy) is 1. The maximum atomic E-state index is 12.2. The largest absolute Gasteiger partial charge is 0.448 e. The molecule has 1 atom stereocenters. The van der Waals surface area contributed by atoms with E-state index in [0.29, 0.717) is 11.3 Å². The quantitative estimate of drug-likeness (QED) is 0.741. The molecule has 3 aromatic rings. The molecular weight excluding hydrogens is 310 g/mol. The third-order valence-corrected chi connectivity index (χ3v) is 3.34. The molecule has 0 aliphatic carbocycles. The van der Waals surface area contributed by atoms with E-state index in [1.165, 1.54) is 6.92 Å². The molecule has 7 nitrogen and oxygen atoms in total. The Morgan fingerprint density at radius 2 is 2.00 bits per heavy atom. The number of hydrogen-bond donors (Lipinski definition) is 1. The summed E-state index contributed by atoms with van der Waals surface area (Å²) in [5, 5.41) is 7.08. The molecule has 1 amide bonds. The molecule has 0 spiro atoms. The van der Waals surface area contributed by atoms with Crippen molar-refractivity contribution >= 4 is 28.6 Å². The first-order valence-electron chi connectivity index (χ1n) is 7.34. The minimum atomic E-state index is -0.997. The van der Waals surface area contributed by atoms with Crippen LogP contribution in [0.5, 0.6) is 0 Å². The van der Waals surface area contributed by atoms with E-state index < -0.39 is 18.0 Å². The molecular formula is C17H15N3O4. The average Bonchev–Trinajstić information content (AvgIpc) is 2.99. The fourth-order valence-corrected chi connectivity index (χ4v) is 2.11. The van der Waals surface area contributed by atoms with E-state index in [1.54, 1.807) is 31.2 Å². The van der Waals surface area contributed by atoms with Crippen LogP contribution in [0, 0.1) is 6.92 Å². The maximum Gasteiger partial charge on any atom is 0.357 e. The highest BCUT2D eigenvalue weighted by molar-refractivity contribution is 5.97. The highest BCUT2D eigenvalue weighted by Gasteiger charge is 2.21. The normalized spacial score (nSPS) is 11.9. The lowest BCUT2D eigenvalue weighted by Crippen LogP contribution is -2.30. The van der Waals surface area contributed by atoms with Gasteiger partial charge in [-0.25, -0.2) is 9.78 Å². The summed E-state index contributed by atoms with van der Waals surface area (Å²) in [7, 11) is 0. The topological polar surface area (TPSA) is 94.3 Å². The number of anilines is 1. The maximum absolute atomic E-state index is 12.2. The first-order chi connectivity index (χ1) is 11.5. The van der Waals surface area contributed by atoms with Gasteiger partial charge in [0.25, 0.3) is 5.91 Å². The number of benzene rings is 1. The smallest absolute Gasteiger partial charge is 0.357 e. The summed E-state index contributed by atoms with van der Waals surface area (Å²) >= 11 is 0. The minimum Gasteiger partial charge on any atom is -0.448 e. The van der Waals surface area contributed by atoms with E-state index in [9.17, 15) is 9.59 Å². The van der Waals surface area contributed by atoms with Gasteiger partial charge in [-0.1, -0.05) is 29.4 Å². The molecule has 2 heterocycles. The highest BCUT2D eigenvalue weighted by atomic mass is 16.5. The number of aryl methyl sites for hydroxylation is 1. The summed E-state index contributed by atoms with van der Waals surface area (Å²) in [5.74, 6) is -0.336. The summed E-state index contributed by atoms with van der Waals surface area (Å²) in [6.07, 6.45) is -0.997. The number of fused-ring (bicyclic) bond motifs is 1. The molecule has 2 aromatic heterocycles. The highest BCUT2D eigenvalue weighted by Crippen LogP contribution is 2.13. The van der Waals surface area contributed by atoms with Crippen LogP contribution in [0.25, 0.3) is 10.9 Å². The molecule has 0 saturated heterocycles. The van der Waals surface area contributed by atoms with Gasteiger partial charge in [0.05, 0.1) is 5.52 Å².